The number of nitrogens with zero attached hydrogens (tertiary/aromatic N) is 2. The molecule has 18 heavy (non-hydrogen) atoms. The SMILES string of the molecule is NCc1csc(-c2ccc(Br)c3cccnc23)n1. The summed E-state index contributed by atoms with van der Waals surface area (Å²) in [5.74, 6) is 0. The van der Waals surface area contributed by atoms with Gasteiger partial charge >= 0.3 is 0 Å². The largest absolute Gasteiger partial charge is 0.325 e. The zero-order valence-corrected chi connectivity index (χ0v) is 11.8. The molecule has 3 rings (SSSR count). The van der Waals surface area contributed by atoms with Crippen molar-refractivity contribution in [3.8, 4) is 10.6 Å². The van der Waals surface area contributed by atoms with Gasteiger partial charge in [0.2, 0.25) is 0 Å². The Morgan fingerprint density at radius 2 is 2.17 bits per heavy atom. The lowest BCUT2D eigenvalue weighted by molar-refractivity contribution is 1.01. The molecule has 90 valence electrons. The third-order valence-electron chi connectivity index (χ3n) is 2.71. The van der Waals surface area contributed by atoms with E-state index < -0.39 is 0 Å². The number of thiazole rings is 1. The van der Waals surface area contributed by atoms with Gasteiger partial charge in [-0.3, -0.25) is 4.98 Å². The summed E-state index contributed by atoms with van der Waals surface area (Å²) in [6.45, 7) is 0.471. The first-order valence-corrected chi connectivity index (χ1v) is 7.15. The fourth-order valence-corrected chi connectivity index (χ4v) is 3.15. The number of hydrogen-bond acceptors (Lipinski definition) is 4. The first-order chi connectivity index (χ1) is 8.79. The maximum absolute atomic E-state index is 5.60. The van der Waals surface area contributed by atoms with Crippen molar-refractivity contribution in [3.63, 3.8) is 0 Å². The Bertz CT molecular complexity index is 708. The van der Waals surface area contributed by atoms with Crippen molar-refractivity contribution in [1.82, 2.24) is 9.97 Å². The van der Waals surface area contributed by atoms with E-state index >= 15 is 0 Å². The molecule has 0 aliphatic heterocycles. The lowest BCUT2D eigenvalue weighted by atomic mass is 10.1. The van der Waals surface area contributed by atoms with E-state index in [-0.39, 0.29) is 0 Å². The molecule has 2 heterocycles. The minimum absolute atomic E-state index is 0.471. The Balaban J connectivity index is 2.26. The van der Waals surface area contributed by atoms with Gasteiger partial charge in [0.25, 0.3) is 0 Å². The molecule has 0 saturated carbocycles. The number of pyridine rings is 1. The highest BCUT2D eigenvalue weighted by Gasteiger charge is 2.10. The zero-order valence-electron chi connectivity index (χ0n) is 9.43. The average Bonchev–Trinajstić information content (AvgIpc) is 2.88. The third-order valence-corrected chi connectivity index (χ3v) is 4.32. The molecule has 0 aliphatic carbocycles. The molecule has 1 aromatic carbocycles. The summed E-state index contributed by atoms with van der Waals surface area (Å²) in [5.41, 5.74) is 8.53. The van der Waals surface area contributed by atoms with Gasteiger partial charge in [-0.2, -0.15) is 0 Å². The van der Waals surface area contributed by atoms with Gasteiger partial charge < -0.3 is 5.73 Å². The van der Waals surface area contributed by atoms with Crippen LogP contribution in [0.1, 0.15) is 5.69 Å². The first kappa shape index (κ1) is 11.8. The summed E-state index contributed by atoms with van der Waals surface area (Å²) in [7, 11) is 0. The highest BCUT2D eigenvalue weighted by atomic mass is 79.9. The Morgan fingerprint density at radius 3 is 2.94 bits per heavy atom. The second-order valence-corrected chi connectivity index (χ2v) is 5.56. The molecule has 0 aliphatic rings. The maximum Gasteiger partial charge on any atom is 0.125 e. The van der Waals surface area contributed by atoms with Gasteiger partial charge in [-0.15, -0.1) is 11.3 Å². The zero-order chi connectivity index (χ0) is 12.5. The Labute approximate surface area is 117 Å². The van der Waals surface area contributed by atoms with E-state index in [1.54, 1.807) is 17.5 Å². The Morgan fingerprint density at radius 1 is 1.28 bits per heavy atom. The van der Waals surface area contributed by atoms with Crippen LogP contribution in [0.25, 0.3) is 21.5 Å². The van der Waals surface area contributed by atoms with Crippen molar-refractivity contribution in [2.45, 2.75) is 6.54 Å². The van der Waals surface area contributed by atoms with E-state index in [1.807, 2.05) is 29.6 Å². The van der Waals surface area contributed by atoms with Gasteiger partial charge in [-0.05, 0) is 18.2 Å². The van der Waals surface area contributed by atoms with Crippen LogP contribution >= 0.6 is 27.3 Å². The van der Waals surface area contributed by atoms with Crippen LogP contribution in [0, 0.1) is 0 Å². The summed E-state index contributed by atoms with van der Waals surface area (Å²) in [5, 5.41) is 4.05. The molecule has 0 amide bonds. The van der Waals surface area contributed by atoms with Crippen LogP contribution in [-0.4, -0.2) is 9.97 Å². The summed E-state index contributed by atoms with van der Waals surface area (Å²) in [6.07, 6.45) is 1.80. The molecular formula is C13H10BrN3S. The van der Waals surface area contributed by atoms with Crippen molar-refractivity contribution >= 4 is 38.2 Å². The van der Waals surface area contributed by atoms with Crippen molar-refractivity contribution < 1.29 is 0 Å². The van der Waals surface area contributed by atoms with E-state index in [2.05, 4.69) is 25.9 Å². The van der Waals surface area contributed by atoms with Crippen molar-refractivity contribution in [2.75, 3.05) is 0 Å². The second kappa shape index (κ2) is 4.76. The van der Waals surface area contributed by atoms with E-state index in [4.69, 9.17) is 5.73 Å². The van der Waals surface area contributed by atoms with Gasteiger partial charge in [0.05, 0.1) is 11.2 Å². The van der Waals surface area contributed by atoms with Crippen LogP contribution in [0.3, 0.4) is 0 Å². The van der Waals surface area contributed by atoms with Crippen molar-refractivity contribution in [3.05, 3.63) is 46.0 Å². The fraction of sp³-hybridized carbons (Fsp3) is 0.0769. The monoisotopic (exact) mass is 319 g/mol. The molecule has 0 atom stereocenters. The molecule has 2 N–H and O–H groups in total. The number of aromatic nitrogens is 2. The molecule has 0 saturated heterocycles. The van der Waals surface area contributed by atoms with Crippen LogP contribution in [0.15, 0.2) is 40.3 Å². The van der Waals surface area contributed by atoms with Gasteiger partial charge in [0, 0.05) is 33.5 Å². The van der Waals surface area contributed by atoms with Gasteiger partial charge in [-0.25, -0.2) is 4.98 Å². The summed E-state index contributed by atoms with van der Waals surface area (Å²) < 4.78 is 1.05. The fourth-order valence-electron chi connectivity index (χ4n) is 1.83. The maximum atomic E-state index is 5.60. The molecule has 3 nitrogen and oxygen atoms in total. The lowest BCUT2D eigenvalue weighted by Gasteiger charge is -2.04. The Hall–Kier alpha value is -1.30. The predicted octanol–water partition coefficient (Wildman–Crippen LogP) is 3.58. The van der Waals surface area contributed by atoms with Crippen LogP contribution in [-0.2, 0) is 6.54 Å². The molecule has 0 fully saturated rings. The number of hydrogen-bond donors (Lipinski definition) is 1. The lowest BCUT2D eigenvalue weighted by Crippen LogP contribution is -1.95. The summed E-state index contributed by atoms with van der Waals surface area (Å²) >= 11 is 5.15. The smallest absolute Gasteiger partial charge is 0.125 e. The molecule has 0 unspecified atom stereocenters. The van der Waals surface area contributed by atoms with E-state index in [0.29, 0.717) is 6.54 Å². The molecule has 0 bridgehead atoms. The topological polar surface area (TPSA) is 51.8 Å². The summed E-state index contributed by atoms with van der Waals surface area (Å²) in [6, 6.07) is 8.05. The normalized spacial score (nSPS) is 11.0. The van der Waals surface area contributed by atoms with Crippen LogP contribution < -0.4 is 5.73 Å². The minimum atomic E-state index is 0.471. The van der Waals surface area contributed by atoms with E-state index in [9.17, 15) is 0 Å². The number of fused-ring (bicyclic) bond motifs is 1. The second-order valence-electron chi connectivity index (χ2n) is 3.84. The van der Waals surface area contributed by atoms with Crippen molar-refractivity contribution in [2.24, 2.45) is 5.73 Å². The van der Waals surface area contributed by atoms with Crippen LogP contribution in [0.2, 0.25) is 0 Å². The minimum Gasteiger partial charge on any atom is -0.325 e. The van der Waals surface area contributed by atoms with Crippen molar-refractivity contribution in [1.29, 1.82) is 0 Å². The molecule has 0 spiro atoms. The standard InChI is InChI=1S/C13H10BrN3S/c14-11-4-3-10(12-9(11)2-1-5-16-12)13-17-8(6-15)7-18-13/h1-5,7H,6,15H2. The van der Waals surface area contributed by atoms with Gasteiger partial charge in [0.15, 0.2) is 0 Å². The first-order valence-electron chi connectivity index (χ1n) is 5.47. The Kier molecular flexibility index (Phi) is 3.11. The average molecular weight is 320 g/mol. The summed E-state index contributed by atoms with van der Waals surface area (Å²) in [4.78, 5) is 8.98. The number of benzene rings is 1. The highest BCUT2D eigenvalue weighted by molar-refractivity contribution is 9.10. The molecule has 5 heteroatoms. The quantitative estimate of drug-likeness (QED) is 0.785. The molecule has 3 aromatic rings. The van der Waals surface area contributed by atoms with E-state index in [0.717, 1.165) is 31.6 Å². The molecule has 0 radical (unpaired) electrons. The van der Waals surface area contributed by atoms with Crippen LogP contribution in [0.5, 0.6) is 0 Å². The third kappa shape index (κ3) is 1.94. The van der Waals surface area contributed by atoms with Gasteiger partial charge in [0.1, 0.15) is 5.01 Å². The number of rotatable bonds is 2. The van der Waals surface area contributed by atoms with E-state index in [1.165, 1.54) is 0 Å². The highest BCUT2D eigenvalue weighted by Crippen LogP contribution is 2.33. The predicted molar refractivity (Wildman–Crippen MR) is 78.4 cm³/mol. The molecular weight excluding hydrogens is 310 g/mol. The molecule has 2 aromatic heterocycles. The number of halogens is 1. The van der Waals surface area contributed by atoms with Gasteiger partial charge in [-0.1, -0.05) is 22.0 Å². The number of nitrogens with two attached hydrogens (primary N) is 1. The van der Waals surface area contributed by atoms with Crippen LogP contribution in [0.4, 0.5) is 0 Å².